The molecule has 4 heteroatoms. The molecule has 0 bridgehead atoms. The van der Waals surface area contributed by atoms with Gasteiger partial charge in [0.15, 0.2) is 0 Å². The van der Waals surface area contributed by atoms with Crippen molar-refractivity contribution in [2.45, 2.75) is 11.5 Å². The number of anilines is 1. The second-order valence-corrected chi connectivity index (χ2v) is 4.09. The molecule has 0 aromatic heterocycles. The SMILES string of the molecule is N=CC12Nc3ccccc3C1C=C2C(=O)O. The van der Waals surface area contributed by atoms with Gasteiger partial charge in [0.2, 0.25) is 0 Å². The molecule has 3 N–H and O–H groups in total. The van der Waals surface area contributed by atoms with Crippen LogP contribution in [0.5, 0.6) is 0 Å². The minimum Gasteiger partial charge on any atom is -0.478 e. The largest absolute Gasteiger partial charge is 0.478 e. The molecule has 0 fully saturated rings. The Labute approximate surface area is 92.1 Å². The lowest BCUT2D eigenvalue weighted by atomic mass is 9.68. The number of carboxylic acid groups (broad SMARTS) is 1. The third-order valence-electron chi connectivity index (χ3n) is 3.37. The first-order valence-corrected chi connectivity index (χ1v) is 5.03. The maximum absolute atomic E-state index is 11.0. The van der Waals surface area contributed by atoms with Gasteiger partial charge in [0.05, 0.1) is 5.57 Å². The lowest BCUT2D eigenvalue weighted by Crippen LogP contribution is -2.51. The van der Waals surface area contributed by atoms with E-state index in [1.165, 1.54) is 6.21 Å². The van der Waals surface area contributed by atoms with Crippen LogP contribution in [0.4, 0.5) is 5.69 Å². The lowest BCUT2D eigenvalue weighted by molar-refractivity contribution is -0.133. The monoisotopic (exact) mass is 214 g/mol. The van der Waals surface area contributed by atoms with Gasteiger partial charge in [-0.2, -0.15) is 0 Å². The Hall–Kier alpha value is -2.10. The average Bonchev–Trinajstić information content (AvgIpc) is 2.48. The normalized spacial score (nSPS) is 29.2. The van der Waals surface area contributed by atoms with Gasteiger partial charge < -0.3 is 15.8 Å². The number of benzene rings is 1. The van der Waals surface area contributed by atoms with Gasteiger partial charge >= 0.3 is 5.97 Å². The van der Waals surface area contributed by atoms with Crippen LogP contribution in [0, 0.1) is 5.41 Å². The summed E-state index contributed by atoms with van der Waals surface area (Å²) in [5.74, 6) is -0.979. The fourth-order valence-corrected chi connectivity index (χ4v) is 2.54. The molecule has 0 radical (unpaired) electrons. The predicted octanol–water partition coefficient (Wildman–Crippen LogP) is 1.61. The standard InChI is InChI=1S/C12H10N2O2/c13-6-12-8(5-9(12)11(15)16)7-3-1-2-4-10(7)14-12/h1-6,8,13-14H,(H,15,16). The van der Waals surface area contributed by atoms with E-state index in [-0.39, 0.29) is 11.5 Å². The number of hydrogen-bond acceptors (Lipinski definition) is 3. The van der Waals surface area contributed by atoms with Gasteiger partial charge in [0, 0.05) is 17.8 Å². The van der Waals surface area contributed by atoms with E-state index in [2.05, 4.69) is 5.32 Å². The summed E-state index contributed by atoms with van der Waals surface area (Å²) in [7, 11) is 0. The van der Waals surface area contributed by atoms with Gasteiger partial charge in [0.1, 0.15) is 5.54 Å². The van der Waals surface area contributed by atoms with Crippen molar-refractivity contribution in [2.24, 2.45) is 0 Å². The number of carboxylic acids is 1. The highest BCUT2D eigenvalue weighted by Gasteiger charge is 2.55. The molecular weight excluding hydrogens is 204 g/mol. The van der Waals surface area contributed by atoms with Crippen LogP contribution < -0.4 is 5.32 Å². The molecule has 0 spiro atoms. The van der Waals surface area contributed by atoms with E-state index in [1.807, 2.05) is 24.3 Å². The summed E-state index contributed by atoms with van der Waals surface area (Å²) in [6.07, 6.45) is 2.91. The van der Waals surface area contributed by atoms with Crippen LogP contribution in [-0.4, -0.2) is 22.8 Å². The summed E-state index contributed by atoms with van der Waals surface area (Å²) >= 11 is 0. The number of aliphatic carboxylic acids is 1. The van der Waals surface area contributed by atoms with Crippen LogP contribution in [0.3, 0.4) is 0 Å². The van der Waals surface area contributed by atoms with Crippen molar-refractivity contribution in [1.82, 2.24) is 0 Å². The molecule has 2 unspecified atom stereocenters. The Morgan fingerprint density at radius 3 is 2.94 bits per heavy atom. The van der Waals surface area contributed by atoms with Crippen LogP contribution in [0.15, 0.2) is 35.9 Å². The number of hydrogen-bond donors (Lipinski definition) is 3. The predicted molar refractivity (Wildman–Crippen MR) is 60.0 cm³/mol. The number of nitrogens with one attached hydrogen (secondary N) is 2. The molecule has 1 aromatic carbocycles. The summed E-state index contributed by atoms with van der Waals surface area (Å²) in [6.45, 7) is 0. The third kappa shape index (κ3) is 0.845. The maximum Gasteiger partial charge on any atom is 0.334 e. The molecular formula is C12H10N2O2. The van der Waals surface area contributed by atoms with Gasteiger partial charge in [-0.25, -0.2) is 4.79 Å². The van der Waals surface area contributed by atoms with E-state index >= 15 is 0 Å². The Kier molecular flexibility index (Phi) is 1.56. The topological polar surface area (TPSA) is 73.2 Å². The first kappa shape index (κ1) is 9.15. The second-order valence-electron chi connectivity index (χ2n) is 4.09. The molecule has 2 atom stereocenters. The van der Waals surface area contributed by atoms with Crippen molar-refractivity contribution in [3.05, 3.63) is 41.5 Å². The minimum atomic E-state index is -0.958. The van der Waals surface area contributed by atoms with Crippen molar-refractivity contribution in [3.63, 3.8) is 0 Å². The molecule has 4 nitrogen and oxygen atoms in total. The highest BCUT2D eigenvalue weighted by molar-refractivity contribution is 6.05. The Balaban J connectivity index is 2.13. The third-order valence-corrected chi connectivity index (χ3v) is 3.37. The van der Waals surface area contributed by atoms with E-state index in [4.69, 9.17) is 10.5 Å². The summed E-state index contributed by atoms with van der Waals surface area (Å²) in [5.41, 5.74) is 1.43. The van der Waals surface area contributed by atoms with Crippen LogP contribution in [0.25, 0.3) is 0 Å². The van der Waals surface area contributed by atoms with E-state index in [0.717, 1.165) is 11.3 Å². The van der Waals surface area contributed by atoms with Gasteiger partial charge in [-0.05, 0) is 11.6 Å². The number of para-hydroxylation sites is 1. The van der Waals surface area contributed by atoms with Gasteiger partial charge in [-0.1, -0.05) is 24.3 Å². The van der Waals surface area contributed by atoms with Crippen LogP contribution >= 0.6 is 0 Å². The quantitative estimate of drug-likeness (QED) is 0.655. The van der Waals surface area contributed by atoms with Crippen molar-refractivity contribution < 1.29 is 9.90 Å². The van der Waals surface area contributed by atoms with Gasteiger partial charge in [-0.15, -0.1) is 0 Å². The summed E-state index contributed by atoms with van der Waals surface area (Å²) in [5, 5.41) is 19.7. The van der Waals surface area contributed by atoms with E-state index < -0.39 is 11.5 Å². The van der Waals surface area contributed by atoms with Crippen molar-refractivity contribution in [2.75, 3.05) is 5.32 Å². The van der Waals surface area contributed by atoms with Crippen LogP contribution in [0.2, 0.25) is 0 Å². The molecule has 0 saturated heterocycles. The number of fused-ring (bicyclic) bond motifs is 3. The Morgan fingerprint density at radius 2 is 2.25 bits per heavy atom. The van der Waals surface area contributed by atoms with Crippen molar-refractivity contribution in [3.8, 4) is 0 Å². The molecule has 1 aliphatic heterocycles. The zero-order valence-corrected chi connectivity index (χ0v) is 8.40. The maximum atomic E-state index is 11.0. The molecule has 2 aliphatic rings. The first-order valence-electron chi connectivity index (χ1n) is 5.03. The molecule has 3 rings (SSSR count). The summed E-state index contributed by atoms with van der Waals surface area (Å²) < 4.78 is 0. The smallest absolute Gasteiger partial charge is 0.334 e. The molecule has 0 saturated carbocycles. The van der Waals surface area contributed by atoms with E-state index in [1.54, 1.807) is 6.08 Å². The lowest BCUT2D eigenvalue weighted by Gasteiger charge is -2.39. The zero-order chi connectivity index (χ0) is 11.3. The molecule has 16 heavy (non-hydrogen) atoms. The Morgan fingerprint density at radius 1 is 1.50 bits per heavy atom. The zero-order valence-electron chi connectivity index (χ0n) is 8.40. The molecule has 1 aromatic rings. The minimum absolute atomic E-state index is 0.0210. The molecule has 1 aliphatic carbocycles. The van der Waals surface area contributed by atoms with Crippen LogP contribution in [0.1, 0.15) is 11.5 Å². The number of carbonyl (C=O) groups is 1. The first-order chi connectivity index (χ1) is 7.69. The molecule has 80 valence electrons. The molecule has 0 amide bonds. The highest BCUT2D eigenvalue weighted by Crippen LogP contribution is 2.53. The summed E-state index contributed by atoms with van der Waals surface area (Å²) in [6, 6.07) is 7.70. The second kappa shape index (κ2) is 2.72. The highest BCUT2D eigenvalue weighted by atomic mass is 16.4. The average molecular weight is 214 g/mol. The van der Waals surface area contributed by atoms with Gasteiger partial charge in [-0.3, -0.25) is 0 Å². The molecule has 1 heterocycles. The fraction of sp³-hybridized carbons (Fsp3) is 0.167. The van der Waals surface area contributed by atoms with E-state index in [0.29, 0.717) is 0 Å². The van der Waals surface area contributed by atoms with Gasteiger partial charge in [0.25, 0.3) is 0 Å². The number of rotatable bonds is 2. The Bertz CT molecular complexity index is 536. The van der Waals surface area contributed by atoms with Crippen LogP contribution in [-0.2, 0) is 4.79 Å². The summed E-state index contributed by atoms with van der Waals surface area (Å²) in [4.78, 5) is 11.0. The fourth-order valence-electron chi connectivity index (χ4n) is 2.54. The van der Waals surface area contributed by atoms with Crippen molar-refractivity contribution in [1.29, 1.82) is 5.41 Å². The van der Waals surface area contributed by atoms with E-state index in [9.17, 15) is 4.79 Å². The van der Waals surface area contributed by atoms with Crippen molar-refractivity contribution >= 4 is 17.9 Å².